The molecule has 25 atom stereocenters. The molecule has 5 saturated heterocycles. The number of aliphatic hydroxyl groups is 13. The lowest BCUT2D eigenvalue weighted by Crippen LogP contribution is -2.70. The average molecular weight is 822 g/mol. The third-order valence-electron chi connectivity index (χ3n) is 10.6. The van der Waals surface area contributed by atoms with Crippen molar-refractivity contribution < 1.29 is 114 Å². The molecule has 0 saturated carbocycles. The van der Waals surface area contributed by atoms with Gasteiger partial charge in [0.1, 0.15) is 104 Å². The van der Waals surface area contributed by atoms with Gasteiger partial charge in [0.2, 0.25) is 5.91 Å². The van der Waals surface area contributed by atoms with Gasteiger partial charge in [0.25, 0.3) is 0 Å². The van der Waals surface area contributed by atoms with Crippen LogP contribution in [0.3, 0.4) is 0 Å². The maximum Gasteiger partial charge on any atom is 0.217 e. The summed E-state index contributed by atoms with van der Waals surface area (Å²) in [4.78, 5) is 12.6. The fraction of sp³-hybridized carbons (Fsp3) is 0.969. The van der Waals surface area contributed by atoms with Crippen LogP contribution in [0.15, 0.2) is 0 Å². The Morgan fingerprint density at radius 1 is 0.464 bits per heavy atom. The Kier molecular flexibility index (Phi) is 15.4. The average Bonchev–Trinajstić information content (AvgIpc) is 3.15. The molecule has 5 aliphatic rings. The second-order valence-electron chi connectivity index (χ2n) is 14.6. The van der Waals surface area contributed by atoms with Crippen molar-refractivity contribution in [2.24, 2.45) is 0 Å². The molecule has 56 heavy (non-hydrogen) atoms. The number of carbonyl (C=O) groups excluding carboxylic acids is 1. The summed E-state index contributed by atoms with van der Waals surface area (Å²) in [7, 11) is 0. The minimum Gasteiger partial charge on any atom is -0.394 e. The van der Waals surface area contributed by atoms with E-state index in [0.717, 1.165) is 6.92 Å². The van der Waals surface area contributed by atoms with E-state index in [-0.39, 0.29) is 0 Å². The largest absolute Gasteiger partial charge is 0.394 e. The second-order valence-corrected chi connectivity index (χ2v) is 14.6. The number of hydrogen-bond acceptors (Lipinski definition) is 23. The van der Waals surface area contributed by atoms with Gasteiger partial charge in [-0.15, -0.1) is 0 Å². The highest BCUT2D eigenvalue weighted by Crippen LogP contribution is 2.36. The number of amides is 1. The Morgan fingerprint density at radius 3 is 1.48 bits per heavy atom. The van der Waals surface area contributed by atoms with Crippen molar-refractivity contribution in [2.45, 2.75) is 181 Å². The van der Waals surface area contributed by atoms with Crippen molar-refractivity contribution in [2.75, 3.05) is 13.2 Å². The topological polar surface area (TPSA) is 375 Å². The normalized spacial score (nSPS) is 53.1. The van der Waals surface area contributed by atoms with Gasteiger partial charge in [-0.1, -0.05) is 0 Å². The van der Waals surface area contributed by atoms with E-state index >= 15 is 0 Å². The van der Waals surface area contributed by atoms with Crippen LogP contribution in [0.5, 0.6) is 0 Å². The summed E-state index contributed by atoms with van der Waals surface area (Å²) in [5.41, 5.74) is 0. The summed E-state index contributed by atoms with van der Waals surface area (Å²) < 4.78 is 51.3. The fourth-order valence-electron chi connectivity index (χ4n) is 7.23. The molecule has 5 fully saturated rings. The zero-order chi connectivity index (χ0) is 41.5. The zero-order valence-electron chi connectivity index (χ0n) is 30.7. The summed E-state index contributed by atoms with van der Waals surface area (Å²) >= 11 is 0. The minimum absolute atomic E-state index is 0.757. The molecule has 326 valence electrons. The summed E-state index contributed by atoms with van der Waals surface area (Å²) in [6.45, 7) is 3.46. The van der Waals surface area contributed by atoms with Crippen LogP contribution >= 0.6 is 0 Å². The van der Waals surface area contributed by atoms with Crippen LogP contribution in [-0.4, -0.2) is 239 Å². The first-order chi connectivity index (χ1) is 26.3. The first kappa shape index (κ1) is 45.7. The smallest absolute Gasteiger partial charge is 0.217 e. The quantitative estimate of drug-likeness (QED) is 0.0920. The maximum atomic E-state index is 12.6. The van der Waals surface area contributed by atoms with Crippen LogP contribution in [0.2, 0.25) is 0 Å². The minimum atomic E-state index is -1.95. The van der Waals surface area contributed by atoms with Gasteiger partial charge >= 0.3 is 0 Å². The lowest BCUT2D eigenvalue weighted by molar-refractivity contribution is -0.388. The Hall–Kier alpha value is -1.41. The first-order valence-electron chi connectivity index (χ1n) is 18.2. The van der Waals surface area contributed by atoms with E-state index in [2.05, 4.69) is 5.32 Å². The van der Waals surface area contributed by atoms with Crippen molar-refractivity contribution in [3.05, 3.63) is 0 Å². The molecule has 0 unspecified atom stereocenters. The van der Waals surface area contributed by atoms with Gasteiger partial charge in [-0.2, -0.15) is 0 Å². The standard InChI is InChI=1S/C32H55NO23/c1-7-14(37)19(42)21(44)30(49-7)54-25-15(38)9(3)50-32(23(25)46)53-24-13(33-10(4)36)29(51-12(6-35)18(24)41)56-27-26(16(39)8(2)48-28(27)47)55-31-22(45)20(43)17(40)11(5-34)52-31/h7-9,11-32,34-35,37-47H,5-6H2,1-4H3,(H,33,36)/t7-,8-,9-,11+,12+,13+,14-,15-,16-,17+,18+,19+,20-,21+,22+,23+,24+,25+,26+,27+,28+,29-,30-,31+,32-/m0/s1. The highest BCUT2D eigenvalue weighted by atomic mass is 16.8. The van der Waals surface area contributed by atoms with Crippen LogP contribution in [0, 0.1) is 0 Å². The molecule has 0 spiro atoms. The number of rotatable bonds is 11. The fourth-order valence-corrected chi connectivity index (χ4v) is 7.23. The summed E-state index contributed by atoms with van der Waals surface area (Å²) in [6, 6.07) is -1.61. The third kappa shape index (κ3) is 9.31. The van der Waals surface area contributed by atoms with E-state index in [1.165, 1.54) is 20.8 Å². The monoisotopic (exact) mass is 821 g/mol. The molecule has 5 rings (SSSR count). The van der Waals surface area contributed by atoms with E-state index in [4.69, 9.17) is 42.6 Å². The van der Waals surface area contributed by atoms with Crippen molar-refractivity contribution >= 4 is 5.91 Å². The van der Waals surface area contributed by atoms with Crippen molar-refractivity contribution in [1.82, 2.24) is 5.32 Å². The number of aliphatic hydroxyl groups excluding tert-OH is 13. The van der Waals surface area contributed by atoms with Crippen molar-refractivity contribution in [3.63, 3.8) is 0 Å². The lowest BCUT2D eigenvalue weighted by Gasteiger charge is -2.50. The molecule has 24 nitrogen and oxygen atoms in total. The highest BCUT2D eigenvalue weighted by molar-refractivity contribution is 5.73. The molecule has 5 heterocycles. The Bertz CT molecular complexity index is 1270. The lowest BCUT2D eigenvalue weighted by atomic mass is 9.94. The molecule has 1 amide bonds. The molecule has 0 aliphatic carbocycles. The van der Waals surface area contributed by atoms with E-state index in [9.17, 15) is 71.2 Å². The van der Waals surface area contributed by atoms with Gasteiger partial charge < -0.3 is 114 Å². The molecule has 5 aliphatic heterocycles. The van der Waals surface area contributed by atoms with Crippen LogP contribution in [0.25, 0.3) is 0 Å². The molecule has 0 aromatic heterocycles. The van der Waals surface area contributed by atoms with E-state index in [1.54, 1.807) is 0 Å². The van der Waals surface area contributed by atoms with Crippen LogP contribution in [0.1, 0.15) is 27.7 Å². The molecular weight excluding hydrogens is 766 g/mol. The van der Waals surface area contributed by atoms with E-state index < -0.39 is 173 Å². The Morgan fingerprint density at radius 2 is 0.893 bits per heavy atom. The zero-order valence-corrected chi connectivity index (χ0v) is 30.7. The summed E-state index contributed by atoms with van der Waals surface area (Å²) in [5.74, 6) is -0.757. The van der Waals surface area contributed by atoms with Gasteiger partial charge in [-0.05, 0) is 20.8 Å². The van der Waals surface area contributed by atoms with Gasteiger partial charge in [-0.25, -0.2) is 0 Å². The van der Waals surface area contributed by atoms with Gasteiger partial charge in [-0.3, -0.25) is 4.79 Å². The molecule has 0 aromatic rings. The number of hydrogen-bond donors (Lipinski definition) is 14. The predicted octanol–water partition coefficient (Wildman–Crippen LogP) is -8.70. The van der Waals surface area contributed by atoms with E-state index in [1.807, 2.05) is 0 Å². The summed E-state index contributed by atoms with van der Waals surface area (Å²) in [5, 5.41) is 140. The maximum absolute atomic E-state index is 12.6. The SMILES string of the molecule is CC(=O)N[C@H]1[C@H](O[C@@H]2[C@H](O[C@H]3O[C@H](CO)[C@@H](O)[C@H](O)[C@H]3O)[C@@H](O)[C@H](C)O[C@H]2O)O[C@H](CO)[C@@H](O)[C@@H]1O[C@@H]1O[C@@H](C)[C@H](O)[C@@H](O[C@@H]2O[C@@H](C)[C@H](O)[C@@H](O)[C@H]2O)[C@H]1O. The van der Waals surface area contributed by atoms with Gasteiger partial charge in [0.05, 0.1) is 31.5 Å². The molecule has 0 aromatic carbocycles. The van der Waals surface area contributed by atoms with Crippen LogP contribution < -0.4 is 5.32 Å². The van der Waals surface area contributed by atoms with Gasteiger partial charge in [0, 0.05) is 6.92 Å². The number of nitrogens with one attached hydrogen (secondary N) is 1. The molecule has 0 radical (unpaired) electrons. The molecule has 14 N–H and O–H groups in total. The highest BCUT2D eigenvalue weighted by Gasteiger charge is 2.56. The molecular formula is C32H55NO23. The van der Waals surface area contributed by atoms with Crippen LogP contribution in [-0.2, 0) is 47.4 Å². The van der Waals surface area contributed by atoms with Crippen molar-refractivity contribution in [1.29, 1.82) is 0 Å². The van der Waals surface area contributed by atoms with Gasteiger partial charge in [0.15, 0.2) is 31.5 Å². The Balaban J connectivity index is 1.40. The first-order valence-corrected chi connectivity index (χ1v) is 18.2. The molecule has 0 bridgehead atoms. The third-order valence-corrected chi connectivity index (χ3v) is 10.6. The second kappa shape index (κ2) is 18.9. The Labute approximate surface area is 319 Å². The van der Waals surface area contributed by atoms with Crippen molar-refractivity contribution in [3.8, 4) is 0 Å². The molecule has 24 heteroatoms. The predicted molar refractivity (Wildman–Crippen MR) is 174 cm³/mol. The van der Waals surface area contributed by atoms with Crippen LogP contribution in [0.4, 0.5) is 0 Å². The van der Waals surface area contributed by atoms with E-state index in [0.29, 0.717) is 0 Å². The summed E-state index contributed by atoms with van der Waals surface area (Å²) in [6.07, 6.45) is -40.0. The number of ether oxygens (including phenoxy) is 9. The number of carbonyl (C=O) groups is 1.